The van der Waals surface area contributed by atoms with Gasteiger partial charge in [-0.3, -0.25) is 0 Å². The van der Waals surface area contributed by atoms with E-state index >= 15 is 0 Å². The Bertz CT molecular complexity index is 272. The first kappa shape index (κ1) is 15.3. The van der Waals surface area contributed by atoms with Crippen LogP contribution in [0.2, 0.25) is 0 Å². The van der Waals surface area contributed by atoms with Gasteiger partial charge in [0.25, 0.3) is 0 Å². The molecule has 0 aromatic carbocycles. The Morgan fingerprint density at radius 3 is 2.63 bits per heavy atom. The van der Waals surface area contributed by atoms with Crippen molar-refractivity contribution in [2.75, 3.05) is 13.2 Å². The van der Waals surface area contributed by atoms with Gasteiger partial charge in [-0.25, -0.2) is 0 Å². The zero-order valence-electron chi connectivity index (χ0n) is 13.4. The molecule has 1 N–H and O–H groups in total. The van der Waals surface area contributed by atoms with Crippen molar-refractivity contribution in [2.24, 2.45) is 17.8 Å². The first-order valence-corrected chi connectivity index (χ1v) is 8.44. The first-order chi connectivity index (χ1) is 9.07. The number of hydrogen-bond acceptors (Lipinski definition) is 2. The summed E-state index contributed by atoms with van der Waals surface area (Å²) in [5.41, 5.74) is 0.0835. The maximum absolute atomic E-state index is 6.15. The topological polar surface area (TPSA) is 21.3 Å². The number of ether oxygens (including phenoxy) is 1. The Balaban J connectivity index is 2.04. The quantitative estimate of drug-likeness (QED) is 0.813. The lowest BCUT2D eigenvalue weighted by atomic mass is 9.69. The third-order valence-electron chi connectivity index (χ3n) is 5.63. The summed E-state index contributed by atoms with van der Waals surface area (Å²) in [7, 11) is 0. The Morgan fingerprint density at radius 2 is 2.05 bits per heavy atom. The van der Waals surface area contributed by atoms with Crippen molar-refractivity contribution in [3.8, 4) is 0 Å². The van der Waals surface area contributed by atoms with Crippen molar-refractivity contribution >= 4 is 0 Å². The molecule has 0 amide bonds. The summed E-state index contributed by atoms with van der Waals surface area (Å²) in [6.45, 7) is 11.5. The van der Waals surface area contributed by atoms with E-state index in [9.17, 15) is 0 Å². The standard InChI is InChI=1S/C17H33NO/c1-5-10-18-16(17(4)9-6-11-19-17)15-8-7-13(2)14(3)12-15/h13-16,18H,5-12H2,1-4H3. The second-order valence-corrected chi connectivity index (χ2v) is 7.22. The molecule has 2 fully saturated rings. The highest BCUT2D eigenvalue weighted by Crippen LogP contribution is 2.41. The second kappa shape index (κ2) is 6.58. The molecule has 1 saturated heterocycles. The molecule has 2 nitrogen and oxygen atoms in total. The Kier molecular flexibility index (Phi) is 5.30. The molecular weight excluding hydrogens is 234 g/mol. The Labute approximate surface area is 119 Å². The summed E-state index contributed by atoms with van der Waals surface area (Å²) >= 11 is 0. The molecule has 2 rings (SSSR count). The zero-order chi connectivity index (χ0) is 13.9. The zero-order valence-corrected chi connectivity index (χ0v) is 13.4. The lowest BCUT2D eigenvalue weighted by Crippen LogP contribution is -2.54. The molecule has 1 heterocycles. The van der Waals surface area contributed by atoms with Crippen LogP contribution in [0.4, 0.5) is 0 Å². The third kappa shape index (κ3) is 3.52. The summed E-state index contributed by atoms with van der Waals surface area (Å²) in [5, 5.41) is 3.83. The van der Waals surface area contributed by atoms with Gasteiger partial charge in [-0.15, -0.1) is 0 Å². The molecule has 0 radical (unpaired) electrons. The monoisotopic (exact) mass is 267 g/mol. The van der Waals surface area contributed by atoms with Crippen molar-refractivity contribution in [1.29, 1.82) is 0 Å². The fraction of sp³-hybridized carbons (Fsp3) is 1.00. The van der Waals surface area contributed by atoms with Crippen LogP contribution >= 0.6 is 0 Å². The second-order valence-electron chi connectivity index (χ2n) is 7.22. The smallest absolute Gasteiger partial charge is 0.0810 e. The molecule has 1 aliphatic carbocycles. The van der Waals surface area contributed by atoms with Crippen molar-refractivity contribution in [3.05, 3.63) is 0 Å². The number of rotatable bonds is 5. The van der Waals surface area contributed by atoms with Gasteiger partial charge in [0.1, 0.15) is 0 Å². The third-order valence-corrected chi connectivity index (χ3v) is 5.63. The van der Waals surface area contributed by atoms with E-state index in [0.717, 1.165) is 30.9 Å². The minimum absolute atomic E-state index is 0.0835. The summed E-state index contributed by atoms with van der Waals surface area (Å²) in [6.07, 6.45) is 7.83. The molecular formula is C17H33NO. The van der Waals surface area contributed by atoms with Crippen molar-refractivity contribution in [3.63, 3.8) is 0 Å². The minimum Gasteiger partial charge on any atom is -0.374 e. The van der Waals surface area contributed by atoms with E-state index in [-0.39, 0.29) is 5.60 Å². The molecule has 2 heteroatoms. The van der Waals surface area contributed by atoms with Crippen molar-refractivity contribution in [1.82, 2.24) is 5.32 Å². The molecule has 2 aliphatic rings. The van der Waals surface area contributed by atoms with Crippen molar-refractivity contribution < 1.29 is 4.74 Å². The molecule has 0 aromatic rings. The van der Waals surface area contributed by atoms with E-state index < -0.39 is 0 Å². The van der Waals surface area contributed by atoms with E-state index in [4.69, 9.17) is 4.74 Å². The lowest BCUT2D eigenvalue weighted by molar-refractivity contribution is -0.0393. The highest BCUT2D eigenvalue weighted by molar-refractivity contribution is 4.98. The maximum Gasteiger partial charge on any atom is 0.0810 e. The average Bonchev–Trinajstić information content (AvgIpc) is 2.82. The van der Waals surface area contributed by atoms with Crippen LogP contribution in [0.3, 0.4) is 0 Å². The molecule has 112 valence electrons. The molecule has 1 saturated carbocycles. The molecule has 1 aliphatic heterocycles. The van der Waals surface area contributed by atoms with Gasteiger partial charge in [-0.05, 0) is 63.3 Å². The molecule has 0 spiro atoms. The van der Waals surface area contributed by atoms with Gasteiger partial charge < -0.3 is 10.1 Å². The van der Waals surface area contributed by atoms with E-state index in [2.05, 4.69) is 33.0 Å². The highest BCUT2D eigenvalue weighted by Gasteiger charge is 2.43. The van der Waals surface area contributed by atoms with Crippen LogP contribution in [0.25, 0.3) is 0 Å². The largest absolute Gasteiger partial charge is 0.374 e. The maximum atomic E-state index is 6.15. The van der Waals surface area contributed by atoms with Gasteiger partial charge in [0, 0.05) is 12.6 Å². The van der Waals surface area contributed by atoms with Crippen LogP contribution in [-0.2, 0) is 4.74 Å². The van der Waals surface area contributed by atoms with Gasteiger partial charge in [0.15, 0.2) is 0 Å². The summed E-state index contributed by atoms with van der Waals surface area (Å²) in [4.78, 5) is 0. The average molecular weight is 267 g/mol. The van der Waals surface area contributed by atoms with Gasteiger partial charge in [0.05, 0.1) is 5.60 Å². The molecule has 5 atom stereocenters. The van der Waals surface area contributed by atoms with E-state index in [0.29, 0.717) is 6.04 Å². The number of nitrogens with one attached hydrogen (secondary N) is 1. The van der Waals surface area contributed by atoms with E-state index in [1.807, 2.05) is 0 Å². The summed E-state index contributed by atoms with van der Waals surface area (Å²) in [6, 6.07) is 0.560. The molecule has 0 aromatic heterocycles. The van der Waals surface area contributed by atoms with Crippen LogP contribution < -0.4 is 5.32 Å². The van der Waals surface area contributed by atoms with Crippen LogP contribution in [0.15, 0.2) is 0 Å². The SMILES string of the molecule is CCCNC(C1CCC(C)C(C)C1)C1(C)CCCO1. The predicted molar refractivity (Wildman–Crippen MR) is 81.3 cm³/mol. The van der Waals surface area contributed by atoms with Gasteiger partial charge in [-0.2, -0.15) is 0 Å². The fourth-order valence-electron chi connectivity index (χ4n) is 4.12. The van der Waals surface area contributed by atoms with Gasteiger partial charge >= 0.3 is 0 Å². The van der Waals surface area contributed by atoms with Gasteiger partial charge in [0.2, 0.25) is 0 Å². The molecule has 19 heavy (non-hydrogen) atoms. The fourth-order valence-corrected chi connectivity index (χ4v) is 4.12. The molecule has 5 unspecified atom stereocenters. The normalized spacial score (nSPS) is 41.4. The van der Waals surface area contributed by atoms with Crippen LogP contribution in [-0.4, -0.2) is 24.8 Å². The van der Waals surface area contributed by atoms with E-state index in [1.165, 1.54) is 38.5 Å². The van der Waals surface area contributed by atoms with Gasteiger partial charge in [-0.1, -0.05) is 27.2 Å². The van der Waals surface area contributed by atoms with Crippen LogP contribution in [0.1, 0.15) is 66.2 Å². The lowest BCUT2D eigenvalue weighted by Gasteiger charge is -2.44. The predicted octanol–water partition coefficient (Wildman–Crippen LogP) is 4.00. The minimum atomic E-state index is 0.0835. The Morgan fingerprint density at radius 1 is 1.26 bits per heavy atom. The van der Waals surface area contributed by atoms with E-state index in [1.54, 1.807) is 0 Å². The van der Waals surface area contributed by atoms with Crippen LogP contribution in [0, 0.1) is 17.8 Å². The molecule has 0 bridgehead atoms. The number of hydrogen-bond donors (Lipinski definition) is 1. The summed E-state index contributed by atoms with van der Waals surface area (Å²) in [5.74, 6) is 2.58. The highest BCUT2D eigenvalue weighted by atomic mass is 16.5. The first-order valence-electron chi connectivity index (χ1n) is 8.44. The Hall–Kier alpha value is -0.0800. The van der Waals surface area contributed by atoms with Crippen LogP contribution in [0.5, 0.6) is 0 Å². The summed E-state index contributed by atoms with van der Waals surface area (Å²) < 4.78 is 6.15. The van der Waals surface area contributed by atoms with Crippen molar-refractivity contribution in [2.45, 2.75) is 77.9 Å².